The summed E-state index contributed by atoms with van der Waals surface area (Å²) < 4.78 is 11.1. The lowest BCUT2D eigenvalue weighted by molar-refractivity contribution is 0.302. The van der Waals surface area contributed by atoms with Crippen LogP contribution in [0.3, 0.4) is 0 Å². The average Bonchev–Trinajstić information content (AvgIpc) is 2.88. The molecule has 1 N–H and O–H groups in total. The van der Waals surface area contributed by atoms with E-state index in [0.717, 1.165) is 16.9 Å². The number of hydrogen-bond donors (Lipinski definition) is 1. The molecule has 0 atom stereocenters. The third-order valence-corrected chi connectivity index (χ3v) is 3.00. The van der Waals surface area contributed by atoms with Crippen molar-refractivity contribution >= 4 is 5.71 Å². The van der Waals surface area contributed by atoms with Crippen LogP contribution in [0.15, 0.2) is 53.7 Å². The predicted molar refractivity (Wildman–Crippen MR) is 71.0 cm³/mol. The second kappa shape index (κ2) is 5.02. The normalized spacial score (nSPS) is 15.1. The van der Waals surface area contributed by atoms with Gasteiger partial charge in [-0.05, 0) is 17.7 Å². The second-order valence-corrected chi connectivity index (χ2v) is 4.27. The van der Waals surface area contributed by atoms with E-state index in [1.54, 1.807) is 0 Å². The zero-order valence-electron chi connectivity index (χ0n) is 10.2. The van der Waals surface area contributed by atoms with Gasteiger partial charge in [0.1, 0.15) is 30.4 Å². The van der Waals surface area contributed by atoms with Gasteiger partial charge < -0.3 is 14.7 Å². The van der Waals surface area contributed by atoms with Crippen LogP contribution >= 0.6 is 0 Å². The Kier molecular flexibility index (Phi) is 3.06. The van der Waals surface area contributed by atoms with Crippen molar-refractivity contribution < 1.29 is 14.7 Å². The van der Waals surface area contributed by atoms with E-state index in [4.69, 9.17) is 14.7 Å². The molecule has 0 bridgehead atoms. The van der Waals surface area contributed by atoms with Crippen LogP contribution in [0.1, 0.15) is 11.1 Å². The molecule has 1 heterocycles. The Balaban J connectivity index is 1.74. The molecule has 96 valence electrons. The lowest BCUT2D eigenvalue weighted by atomic mass is 10.1. The molecular weight excluding hydrogens is 242 g/mol. The van der Waals surface area contributed by atoms with Gasteiger partial charge in [0.25, 0.3) is 0 Å². The number of rotatable bonds is 3. The van der Waals surface area contributed by atoms with Crippen molar-refractivity contribution in [2.75, 3.05) is 6.61 Å². The first-order valence-electron chi connectivity index (χ1n) is 6.02. The van der Waals surface area contributed by atoms with Crippen molar-refractivity contribution in [1.29, 1.82) is 0 Å². The molecule has 0 saturated heterocycles. The Labute approximate surface area is 110 Å². The SMILES string of the molecule is O/N=C1/COc2cc(OCc3ccccc3)ccc21. The van der Waals surface area contributed by atoms with Crippen molar-refractivity contribution in [3.05, 3.63) is 59.7 Å². The summed E-state index contributed by atoms with van der Waals surface area (Å²) in [4.78, 5) is 0. The minimum Gasteiger partial charge on any atom is -0.489 e. The van der Waals surface area contributed by atoms with Crippen LogP contribution < -0.4 is 9.47 Å². The van der Waals surface area contributed by atoms with Gasteiger partial charge in [-0.3, -0.25) is 0 Å². The van der Waals surface area contributed by atoms with Crippen LogP contribution in [0, 0.1) is 0 Å². The largest absolute Gasteiger partial charge is 0.489 e. The Morgan fingerprint density at radius 1 is 1.16 bits per heavy atom. The van der Waals surface area contributed by atoms with Crippen molar-refractivity contribution in [1.82, 2.24) is 0 Å². The number of fused-ring (bicyclic) bond motifs is 1. The van der Waals surface area contributed by atoms with Gasteiger partial charge in [0.15, 0.2) is 0 Å². The summed E-state index contributed by atoms with van der Waals surface area (Å²) in [6.45, 7) is 0.814. The molecule has 4 nitrogen and oxygen atoms in total. The molecule has 2 aromatic carbocycles. The molecule has 0 aromatic heterocycles. The first-order chi connectivity index (χ1) is 9.36. The zero-order valence-corrected chi connectivity index (χ0v) is 10.2. The molecule has 0 amide bonds. The summed E-state index contributed by atoms with van der Waals surface area (Å²) in [5, 5.41) is 12.0. The highest BCUT2D eigenvalue weighted by Gasteiger charge is 2.20. The van der Waals surface area contributed by atoms with Gasteiger partial charge in [0, 0.05) is 11.6 Å². The van der Waals surface area contributed by atoms with E-state index in [1.165, 1.54) is 0 Å². The number of nitrogens with zero attached hydrogens (tertiary/aromatic N) is 1. The summed E-state index contributed by atoms with van der Waals surface area (Å²) in [5.74, 6) is 1.43. The quantitative estimate of drug-likeness (QED) is 0.677. The van der Waals surface area contributed by atoms with Gasteiger partial charge in [-0.2, -0.15) is 0 Å². The van der Waals surface area contributed by atoms with Crippen molar-refractivity contribution in [3.8, 4) is 11.5 Å². The fourth-order valence-electron chi connectivity index (χ4n) is 2.00. The molecular formula is C15H13NO3. The Hall–Kier alpha value is -2.49. The maximum atomic E-state index is 8.81. The average molecular weight is 255 g/mol. The highest BCUT2D eigenvalue weighted by Crippen LogP contribution is 2.30. The summed E-state index contributed by atoms with van der Waals surface area (Å²) in [7, 11) is 0. The summed E-state index contributed by atoms with van der Waals surface area (Å²) in [6.07, 6.45) is 0. The third kappa shape index (κ3) is 2.38. The maximum absolute atomic E-state index is 8.81. The van der Waals surface area contributed by atoms with E-state index in [0.29, 0.717) is 24.7 Å². The predicted octanol–water partition coefficient (Wildman–Crippen LogP) is 2.84. The smallest absolute Gasteiger partial charge is 0.134 e. The van der Waals surface area contributed by atoms with Crippen LogP contribution in [0.25, 0.3) is 0 Å². The standard InChI is InChI=1S/C15H13NO3/c17-16-14-10-19-15-8-12(6-7-13(14)15)18-9-11-4-2-1-3-5-11/h1-8,17H,9-10H2/b16-14-. The highest BCUT2D eigenvalue weighted by molar-refractivity contribution is 6.05. The molecule has 2 aromatic rings. The van der Waals surface area contributed by atoms with E-state index in [1.807, 2.05) is 48.5 Å². The molecule has 0 unspecified atom stereocenters. The Morgan fingerprint density at radius 3 is 2.79 bits per heavy atom. The van der Waals surface area contributed by atoms with Crippen molar-refractivity contribution in [2.45, 2.75) is 6.61 Å². The number of benzene rings is 2. The van der Waals surface area contributed by atoms with Gasteiger partial charge in [0.2, 0.25) is 0 Å². The molecule has 0 fully saturated rings. The highest BCUT2D eigenvalue weighted by atomic mass is 16.5. The summed E-state index contributed by atoms with van der Waals surface area (Å²) in [5.41, 5.74) is 2.47. The topological polar surface area (TPSA) is 51.1 Å². The van der Waals surface area contributed by atoms with E-state index in [-0.39, 0.29) is 0 Å². The molecule has 0 saturated carbocycles. The van der Waals surface area contributed by atoms with Crippen LogP contribution in [0.2, 0.25) is 0 Å². The molecule has 0 radical (unpaired) electrons. The number of ether oxygens (including phenoxy) is 2. The number of oxime groups is 1. The van der Waals surface area contributed by atoms with Gasteiger partial charge in [-0.1, -0.05) is 35.5 Å². The van der Waals surface area contributed by atoms with Crippen molar-refractivity contribution in [3.63, 3.8) is 0 Å². The Morgan fingerprint density at radius 2 is 2.00 bits per heavy atom. The van der Waals surface area contributed by atoms with Gasteiger partial charge >= 0.3 is 0 Å². The third-order valence-electron chi connectivity index (χ3n) is 3.00. The minimum absolute atomic E-state index is 0.300. The molecule has 1 aliphatic heterocycles. The molecule has 1 aliphatic rings. The molecule has 19 heavy (non-hydrogen) atoms. The fraction of sp³-hybridized carbons (Fsp3) is 0.133. The van der Waals surface area contributed by atoms with E-state index in [9.17, 15) is 0 Å². The molecule has 0 spiro atoms. The minimum atomic E-state index is 0.300. The summed E-state index contributed by atoms with van der Waals surface area (Å²) in [6, 6.07) is 15.5. The van der Waals surface area contributed by atoms with Crippen LogP contribution in [-0.4, -0.2) is 17.5 Å². The monoisotopic (exact) mass is 255 g/mol. The zero-order chi connectivity index (χ0) is 13.1. The van der Waals surface area contributed by atoms with E-state index < -0.39 is 0 Å². The van der Waals surface area contributed by atoms with Gasteiger partial charge in [0.05, 0.1) is 0 Å². The Bertz CT molecular complexity index is 608. The van der Waals surface area contributed by atoms with Crippen LogP contribution in [0.4, 0.5) is 0 Å². The van der Waals surface area contributed by atoms with E-state index in [2.05, 4.69) is 5.16 Å². The lowest BCUT2D eigenvalue weighted by Crippen LogP contribution is -2.01. The molecule has 0 aliphatic carbocycles. The van der Waals surface area contributed by atoms with Crippen LogP contribution in [-0.2, 0) is 6.61 Å². The first-order valence-corrected chi connectivity index (χ1v) is 6.02. The second-order valence-electron chi connectivity index (χ2n) is 4.27. The lowest BCUT2D eigenvalue weighted by Gasteiger charge is -2.07. The number of hydrogen-bond acceptors (Lipinski definition) is 4. The molecule has 4 heteroatoms. The van der Waals surface area contributed by atoms with Crippen LogP contribution in [0.5, 0.6) is 11.5 Å². The first kappa shape index (κ1) is 11.6. The molecule has 3 rings (SSSR count). The van der Waals surface area contributed by atoms with Crippen molar-refractivity contribution in [2.24, 2.45) is 5.16 Å². The fourth-order valence-corrected chi connectivity index (χ4v) is 2.00. The van der Waals surface area contributed by atoms with Gasteiger partial charge in [-0.15, -0.1) is 0 Å². The van der Waals surface area contributed by atoms with E-state index >= 15 is 0 Å². The van der Waals surface area contributed by atoms with Gasteiger partial charge in [-0.25, -0.2) is 0 Å². The maximum Gasteiger partial charge on any atom is 0.134 e. The summed E-state index contributed by atoms with van der Waals surface area (Å²) >= 11 is 0.